The summed E-state index contributed by atoms with van der Waals surface area (Å²) >= 11 is 0. The van der Waals surface area contributed by atoms with Gasteiger partial charge in [-0.2, -0.15) is 0 Å². The summed E-state index contributed by atoms with van der Waals surface area (Å²) in [4.78, 5) is 24.1. The molecule has 0 aliphatic heterocycles. The molecule has 0 radical (unpaired) electrons. The molecule has 0 amide bonds. The zero-order valence-corrected chi connectivity index (χ0v) is 16.2. The maximum absolute atomic E-state index is 11.4. The molecular weight excluding hydrogens is 318 g/mol. The predicted molar refractivity (Wildman–Crippen MR) is 103 cm³/mol. The quantitative estimate of drug-likeness (QED) is 0.533. The number of carbonyl (C=O) groups excluding carboxylic acids is 1. The number of hydrogen-bond acceptors (Lipinski definition) is 4. The first kappa shape index (κ1) is 22.7. The Bertz CT molecular complexity index is 577. The molecule has 1 rings (SSSR count). The standard InChI is InChI=1S/C18H25NO4.C2H6/c1-5-13(6-2)15(12-20)9-14-7-8-16(23-4)10-17(14)19(3)11-18(21)22;1-2/h7-10,12-13H,5-6,11H2,1-4H3,(H,21,22);1-2H3/b15-9+;. The van der Waals surface area contributed by atoms with Crippen molar-refractivity contribution in [3.63, 3.8) is 0 Å². The second kappa shape index (κ2) is 12.1. The van der Waals surface area contributed by atoms with Crippen molar-refractivity contribution in [2.45, 2.75) is 40.5 Å². The fraction of sp³-hybridized carbons (Fsp3) is 0.500. The van der Waals surface area contributed by atoms with Crippen LogP contribution in [-0.2, 0) is 9.59 Å². The van der Waals surface area contributed by atoms with Crippen LogP contribution >= 0.6 is 0 Å². The summed E-state index contributed by atoms with van der Waals surface area (Å²) in [5.74, 6) is -0.0716. The SMILES string of the molecule is CC.CCC(CC)/C(C=O)=C/c1ccc(OC)cc1N(C)CC(=O)O. The van der Waals surface area contributed by atoms with E-state index in [-0.39, 0.29) is 12.5 Å². The minimum Gasteiger partial charge on any atom is -0.497 e. The van der Waals surface area contributed by atoms with Crippen LogP contribution in [0.4, 0.5) is 5.69 Å². The number of aliphatic carboxylic acids is 1. The summed E-state index contributed by atoms with van der Waals surface area (Å²) in [7, 11) is 3.27. The molecule has 0 fully saturated rings. The molecule has 1 N–H and O–H groups in total. The molecular formula is C20H31NO4. The molecule has 0 spiro atoms. The number of nitrogens with zero attached hydrogens (tertiary/aromatic N) is 1. The van der Waals surface area contributed by atoms with Gasteiger partial charge in [0.05, 0.1) is 7.11 Å². The van der Waals surface area contributed by atoms with E-state index < -0.39 is 5.97 Å². The molecule has 140 valence electrons. The number of carboxylic acid groups (broad SMARTS) is 1. The molecule has 0 atom stereocenters. The third-order valence-corrected chi connectivity index (χ3v) is 3.94. The number of anilines is 1. The van der Waals surface area contributed by atoms with Gasteiger partial charge in [0.25, 0.3) is 0 Å². The highest BCUT2D eigenvalue weighted by Crippen LogP contribution is 2.29. The van der Waals surface area contributed by atoms with Crippen LogP contribution in [0.15, 0.2) is 23.8 Å². The fourth-order valence-electron chi connectivity index (χ4n) is 2.58. The summed E-state index contributed by atoms with van der Waals surface area (Å²) in [6.07, 6.45) is 4.51. The van der Waals surface area contributed by atoms with Crippen molar-refractivity contribution in [2.24, 2.45) is 5.92 Å². The molecule has 1 aromatic carbocycles. The van der Waals surface area contributed by atoms with Gasteiger partial charge in [0.1, 0.15) is 18.6 Å². The van der Waals surface area contributed by atoms with Crippen LogP contribution in [-0.4, -0.2) is 38.1 Å². The lowest BCUT2D eigenvalue weighted by molar-refractivity contribution is -0.135. The molecule has 0 aliphatic rings. The summed E-state index contributed by atoms with van der Waals surface area (Å²) in [6, 6.07) is 5.43. The van der Waals surface area contributed by atoms with Crippen LogP contribution < -0.4 is 9.64 Å². The highest BCUT2D eigenvalue weighted by Gasteiger charge is 2.14. The Morgan fingerprint density at radius 1 is 1.28 bits per heavy atom. The van der Waals surface area contributed by atoms with Crippen molar-refractivity contribution in [1.82, 2.24) is 0 Å². The van der Waals surface area contributed by atoms with Gasteiger partial charge in [-0.15, -0.1) is 0 Å². The number of methoxy groups -OCH3 is 1. The molecule has 0 heterocycles. The minimum absolute atomic E-state index is 0.130. The molecule has 1 aromatic rings. The van der Waals surface area contributed by atoms with Crippen molar-refractivity contribution < 1.29 is 19.4 Å². The van der Waals surface area contributed by atoms with Crippen LogP contribution in [0, 0.1) is 5.92 Å². The third-order valence-electron chi connectivity index (χ3n) is 3.94. The number of benzene rings is 1. The number of likely N-dealkylation sites (N-methyl/N-ethyl adjacent to an activating group) is 1. The zero-order valence-electron chi connectivity index (χ0n) is 16.2. The lowest BCUT2D eigenvalue weighted by atomic mass is 9.92. The molecule has 5 heteroatoms. The van der Waals surface area contributed by atoms with Crippen LogP contribution in [0.3, 0.4) is 0 Å². The predicted octanol–water partition coefficient (Wildman–Crippen LogP) is 4.26. The Morgan fingerprint density at radius 3 is 2.32 bits per heavy atom. The van der Waals surface area contributed by atoms with E-state index >= 15 is 0 Å². The lowest BCUT2D eigenvalue weighted by Crippen LogP contribution is -2.25. The van der Waals surface area contributed by atoms with Gasteiger partial charge >= 0.3 is 5.97 Å². The monoisotopic (exact) mass is 349 g/mol. The number of carbonyl (C=O) groups is 2. The fourth-order valence-corrected chi connectivity index (χ4v) is 2.58. The smallest absolute Gasteiger partial charge is 0.323 e. The third kappa shape index (κ3) is 6.99. The van der Waals surface area contributed by atoms with Gasteiger partial charge in [0, 0.05) is 18.8 Å². The molecule has 5 nitrogen and oxygen atoms in total. The average molecular weight is 349 g/mol. The molecule has 0 bridgehead atoms. The van der Waals surface area contributed by atoms with Crippen molar-refractivity contribution in [3.05, 3.63) is 29.3 Å². The van der Waals surface area contributed by atoms with E-state index in [4.69, 9.17) is 9.84 Å². The van der Waals surface area contributed by atoms with E-state index in [0.717, 1.165) is 36.0 Å². The molecule has 25 heavy (non-hydrogen) atoms. The number of aldehydes is 1. The molecule has 0 unspecified atom stereocenters. The van der Waals surface area contributed by atoms with Gasteiger partial charge < -0.3 is 14.7 Å². The van der Waals surface area contributed by atoms with E-state index in [1.165, 1.54) is 0 Å². The Hall–Kier alpha value is -2.30. The first-order valence-electron chi connectivity index (χ1n) is 8.74. The van der Waals surface area contributed by atoms with Crippen molar-refractivity contribution in [2.75, 3.05) is 25.6 Å². The van der Waals surface area contributed by atoms with Crippen molar-refractivity contribution in [1.29, 1.82) is 0 Å². The Kier molecular flexibility index (Phi) is 11.0. The number of ether oxygens (including phenoxy) is 1. The first-order chi connectivity index (χ1) is 12.0. The van der Waals surface area contributed by atoms with Gasteiger partial charge in [-0.1, -0.05) is 27.7 Å². The van der Waals surface area contributed by atoms with Crippen LogP contribution in [0.25, 0.3) is 6.08 Å². The van der Waals surface area contributed by atoms with Gasteiger partial charge in [-0.05, 0) is 48.1 Å². The summed E-state index contributed by atoms with van der Waals surface area (Å²) in [5, 5.41) is 9.01. The van der Waals surface area contributed by atoms with E-state index in [9.17, 15) is 9.59 Å². The average Bonchev–Trinajstić information content (AvgIpc) is 2.62. The number of rotatable bonds is 9. The van der Waals surface area contributed by atoms with Gasteiger partial charge in [-0.25, -0.2) is 0 Å². The Morgan fingerprint density at radius 2 is 1.88 bits per heavy atom. The normalized spacial score (nSPS) is 10.8. The van der Waals surface area contributed by atoms with E-state index in [0.29, 0.717) is 5.75 Å². The molecule has 0 saturated heterocycles. The van der Waals surface area contributed by atoms with Gasteiger partial charge in [0.2, 0.25) is 0 Å². The van der Waals surface area contributed by atoms with Crippen molar-refractivity contribution in [3.8, 4) is 5.75 Å². The topological polar surface area (TPSA) is 66.8 Å². The molecule has 0 saturated carbocycles. The largest absolute Gasteiger partial charge is 0.497 e. The Labute approximate surface area is 151 Å². The lowest BCUT2D eigenvalue weighted by Gasteiger charge is -2.21. The first-order valence-corrected chi connectivity index (χ1v) is 8.74. The summed E-state index contributed by atoms with van der Waals surface area (Å²) in [6.45, 7) is 7.98. The van der Waals surface area contributed by atoms with E-state index in [1.807, 2.05) is 26.0 Å². The van der Waals surface area contributed by atoms with Crippen LogP contribution in [0.1, 0.15) is 46.1 Å². The second-order valence-electron chi connectivity index (χ2n) is 5.45. The molecule has 0 aromatic heterocycles. The number of hydrogen-bond donors (Lipinski definition) is 1. The summed E-state index contributed by atoms with van der Waals surface area (Å²) in [5.41, 5.74) is 2.26. The highest BCUT2D eigenvalue weighted by molar-refractivity contribution is 5.86. The Balaban J connectivity index is 0.00000277. The van der Waals surface area contributed by atoms with E-state index in [1.54, 1.807) is 31.2 Å². The number of carboxylic acids is 1. The van der Waals surface area contributed by atoms with Gasteiger partial charge in [-0.3, -0.25) is 9.59 Å². The van der Waals surface area contributed by atoms with Crippen molar-refractivity contribution >= 4 is 24.0 Å². The maximum Gasteiger partial charge on any atom is 0.323 e. The van der Waals surface area contributed by atoms with Crippen LogP contribution in [0.2, 0.25) is 0 Å². The maximum atomic E-state index is 11.4. The zero-order chi connectivity index (χ0) is 19.4. The minimum atomic E-state index is -0.916. The molecule has 0 aliphatic carbocycles. The van der Waals surface area contributed by atoms with Crippen LogP contribution in [0.5, 0.6) is 5.75 Å². The summed E-state index contributed by atoms with van der Waals surface area (Å²) < 4.78 is 5.22. The number of allylic oxidation sites excluding steroid dienone is 1. The second-order valence-corrected chi connectivity index (χ2v) is 5.45. The highest BCUT2D eigenvalue weighted by atomic mass is 16.5. The van der Waals surface area contributed by atoms with E-state index in [2.05, 4.69) is 13.8 Å². The van der Waals surface area contributed by atoms with Gasteiger partial charge in [0.15, 0.2) is 0 Å².